The molecule has 0 aliphatic carbocycles. The molecule has 1 nitrogen and oxygen atoms in total. The number of rotatable bonds is 5. The van der Waals surface area contributed by atoms with Crippen molar-refractivity contribution in [1.29, 1.82) is 0 Å². The summed E-state index contributed by atoms with van der Waals surface area (Å²) in [7, 11) is 0. The molecule has 2 aromatic heterocycles. The first-order valence-electron chi connectivity index (χ1n) is 16.6. The van der Waals surface area contributed by atoms with Gasteiger partial charge in [0.2, 0.25) is 0 Å². The summed E-state index contributed by atoms with van der Waals surface area (Å²) < 4.78 is 5.26. The van der Waals surface area contributed by atoms with Gasteiger partial charge in [-0.15, -0.1) is 22.7 Å². The third kappa shape index (κ3) is 4.74. The van der Waals surface area contributed by atoms with Crippen LogP contribution in [-0.2, 0) is 0 Å². The van der Waals surface area contributed by atoms with Gasteiger partial charge in [0.25, 0.3) is 0 Å². The van der Waals surface area contributed by atoms with Crippen molar-refractivity contribution in [3.8, 4) is 22.3 Å². The zero-order valence-corrected chi connectivity index (χ0v) is 28.1. The van der Waals surface area contributed by atoms with Crippen LogP contribution in [0, 0.1) is 0 Å². The fourth-order valence-corrected chi connectivity index (χ4v) is 9.60. The molecule has 2 heterocycles. The van der Waals surface area contributed by atoms with E-state index in [1.807, 2.05) is 22.7 Å². The van der Waals surface area contributed by atoms with Crippen LogP contribution in [0.2, 0.25) is 0 Å². The number of anilines is 3. The van der Waals surface area contributed by atoms with Gasteiger partial charge in [-0.25, -0.2) is 0 Å². The van der Waals surface area contributed by atoms with E-state index in [-0.39, 0.29) is 0 Å². The Morgan fingerprint density at radius 2 is 0.980 bits per heavy atom. The van der Waals surface area contributed by atoms with Gasteiger partial charge in [0.05, 0.1) is 5.69 Å². The molecular weight excluding hydrogens is 631 g/mol. The summed E-state index contributed by atoms with van der Waals surface area (Å²) in [5.41, 5.74) is 8.28. The molecule has 0 fully saturated rings. The van der Waals surface area contributed by atoms with Crippen molar-refractivity contribution in [2.24, 2.45) is 0 Å². The van der Waals surface area contributed by atoms with Gasteiger partial charge in [0.1, 0.15) is 0 Å². The summed E-state index contributed by atoms with van der Waals surface area (Å²) in [6, 6.07) is 64.6. The SMILES string of the molecule is c1cc(-c2cccc3sc4ccccc4c23)cc(N(c2ccc3sc4ccccc4c3c2)c2ccccc2-c2ccc3ccccc3c2)c1. The number of para-hydroxylation sites is 1. The van der Waals surface area contributed by atoms with Crippen molar-refractivity contribution in [1.82, 2.24) is 0 Å². The number of fused-ring (bicyclic) bond motifs is 7. The molecule has 0 spiro atoms. The Kier molecular flexibility index (Phi) is 6.61. The molecule has 0 aliphatic heterocycles. The number of hydrogen-bond acceptors (Lipinski definition) is 3. The Morgan fingerprint density at radius 1 is 0.347 bits per heavy atom. The van der Waals surface area contributed by atoms with Crippen molar-refractivity contribution in [3.05, 3.63) is 176 Å². The number of benzene rings is 8. The highest BCUT2D eigenvalue weighted by molar-refractivity contribution is 7.26. The van der Waals surface area contributed by atoms with E-state index in [1.165, 1.54) is 73.4 Å². The van der Waals surface area contributed by atoms with Crippen LogP contribution in [-0.4, -0.2) is 0 Å². The lowest BCUT2D eigenvalue weighted by molar-refractivity contribution is 1.29. The Labute approximate surface area is 292 Å². The van der Waals surface area contributed by atoms with E-state index in [4.69, 9.17) is 0 Å². The third-order valence-corrected chi connectivity index (χ3v) is 11.9. The highest BCUT2D eigenvalue weighted by Crippen LogP contribution is 2.46. The molecule has 0 saturated heterocycles. The average molecular weight is 660 g/mol. The highest BCUT2D eigenvalue weighted by Gasteiger charge is 2.20. The van der Waals surface area contributed by atoms with Crippen LogP contribution in [0.4, 0.5) is 17.1 Å². The van der Waals surface area contributed by atoms with Crippen molar-refractivity contribution in [3.63, 3.8) is 0 Å². The van der Waals surface area contributed by atoms with Crippen LogP contribution < -0.4 is 4.90 Å². The van der Waals surface area contributed by atoms with Crippen molar-refractivity contribution >= 4 is 90.9 Å². The minimum Gasteiger partial charge on any atom is -0.310 e. The van der Waals surface area contributed by atoms with E-state index >= 15 is 0 Å². The van der Waals surface area contributed by atoms with E-state index in [0.29, 0.717) is 0 Å². The fraction of sp³-hybridized carbons (Fsp3) is 0. The average Bonchev–Trinajstić information content (AvgIpc) is 3.73. The van der Waals surface area contributed by atoms with Gasteiger partial charge in [0.15, 0.2) is 0 Å². The van der Waals surface area contributed by atoms with Crippen LogP contribution in [0.25, 0.3) is 73.4 Å². The van der Waals surface area contributed by atoms with Crippen LogP contribution in [0.15, 0.2) is 176 Å². The molecule has 0 saturated carbocycles. The summed E-state index contributed by atoms with van der Waals surface area (Å²) in [5.74, 6) is 0. The largest absolute Gasteiger partial charge is 0.310 e. The second-order valence-electron chi connectivity index (χ2n) is 12.5. The molecule has 3 heteroatoms. The first-order valence-corrected chi connectivity index (χ1v) is 18.2. The van der Waals surface area contributed by atoms with E-state index in [1.54, 1.807) is 0 Å². The monoisotopic (exact) mass is 659 g/mol. The first kappa shape index (κ1) is 28.3. The molecule has 0 unspecified atom stereocenters. The first-order chi connectivity index (χ1) is 24.3. The van der Waals surface area contributed by atoms with Gasteiger partial charge >= 0.3 is 0 Å². The van der Waals surface area contributed by atoms with Crippen molar-refractivity contribution in [2.45, 2.75) is 0 Å². The number of thiophene rings is 2. The molecule has 8 aromatic carbocycles. The maximum absolute atomic E-state index is 2.45. The van der Waals surface area contributed by atoms with Crippen LogP contribution in [0.3, 0.4) is 0 Å². The van der Waals surface area contributed by atoms with Crippen LogP contribution >= 0.6 is 22.7 Å². The predicted molar refractivity (Wildman–Crippen MR) is 215 cm³/mol. The standard InChI is InChI=1S/C46H29NS2/c1-2-12-31-27-33(24-23-30(31)11-1)36-15-3-6-19-41(36)47(35-25-26-44-40(29-35)38-16-4-7-20-42(38)48-44)34-14-9-13-32(28-34)37-18-10-22-45-46(37)39-17-5-8-21-43(39)49-45/h1-29H. The fourth-order valence-electron chi connectivity index (χ4n) is 7.38. The van der Waals surface area contributed by atoms with E-state index in [0.717, 1.165) is 17.1 Å². The lowest BCUT2D eigenvalue weighted by Gasteiger charge is -2.28. The Hall–Kier alpha value is -5.74. The molecule has 0 N–H and O–H groups in total. The van der Waals surface area contributed by atoms with Crippen molar-refractivity contribution < 1.29 is 0 Å². The zero-order chi connectivity index (χ0) is 32.3. The summed E-state index contributed by atoms with van der Waals surface area (Å²) in [6.45, 7) is 0. The normalized spacial score (nSPS) is 11.7. The predicted octanol–water partition coefficient (Wildman–Crippen LogP) is 14.4. The quantitative estimate of drug-likeness (QED) is 0.178. The van der Waals surface area contributed by atoms with Crippen LogP contribution in [0.5, 0.6) is 0 Å². The summed E-state index contributed by atoms with van der Waals surface area (Å²) >= 11 is 3.73. The van der Waals surface area contributed by atoms with Gasteiger partial charge in [-0.1, -0.05) is 115 Å². The molecular formula is C46H29NS2. The minimum atomic E-state index is 1.13. The van der Waals surface area contributed by atoms with Gasteiger partial charge in [-0.05, 0) is 88.1 Å². The van der Waals surface area contributed by atoms with E-state index in [9.17, 15) is 0 Å². The van der Waals surface area contributed by atoms with Crippen molar-refractivity contribution in [2.75, 3.05) is 4.90 Å². The molecule has 0 amide bonds. The highest BCUT2D eigenvalue weighted by atomic mass is 32.1. The molecule has 0 atom stereocenters. The Balaban J connectivity index is 1.21. The molecule has 0 bridgehead atoms. The molecule has 10 aromatic rings. The summed E-state index contributed by atoms with van der Waals surface area (Å²) in [6.07, 6.45) is 0. The van der Waals surface area contributed by atoms with Gasteiger partial charge in [-0.3, -0.25) is 0 Å². The number of nitrogens with zero attached hydrogens (tertiary/aromatic N) is 1. The topological polar surface area (TPSA) is 3.24 Å². The van der Waals surface area contributed by atoms with E-state index < -0.39 is 0 Å². The van der Waals surface area contributed by atoms with E-state index in [2.05, 4.69) is 181 Å². The minimum absolute atomic E-state index is 1.13. The summed E-state index contributed by atoms with van der Waals surface area (Å²) in [4.78, 5) is 2.45. The lowest BCUT2D eigenvalue weighted by Crippen LogP contribution is -2.11. The molecule has 10 rings (SSSR count). The smallest absolute Gasteiger partial charge is 0.0540 e. The van der Waals surface area contributed by atoms with Crippen LogP contribution in [0.1, 0.15) is 0 Å². The number of hydrogen-bond donors (Lipinski definition) is 0. The van der Waals surface area contributed by atoms with Gasteiger partial charge in [-0.2, -0.15) is 0 Å². The van der Waals surface area contributed by atoms with Gasteiger partial charge < -0.3 is 4.90 Å². The molecule has 0 radical (unpaired) electrons. The third-order valence-electron chi connectivity index (χ3n) is 9.64. The Morgan fingerprint density at radius 3 is 1.90 bits per heavy atom. The molecule has 49 heavy (non-hydrogen) atoms. The Bertz CT molecular complexity index is 2860. The second kappa shape index (κ2) is 11.5. The second-order valence-corrected chi connectivity index (χ2v) is 14.7. The zero-order valence-electron chi connectivity index (χ0n) is 26.5. The van der Waals surface area contributed by atoms with Gasteiger partial charge in [0, 0.05) is 57.3 Å². The maximum Gasteiger partial charge on any atom is 0.0540 e. The summed E-state index contributed by atoms with van der Waals surface area (Å²) in [5, 5.41) is 7.73. The molecule has 230 valence electrons. The maximum atomic E-state index is 2.45. The lowest BCUT2D eigenvalue weighted by atomic mass is 9.97. The molecule has 0 aliphatic rings.